The number of aromatic nitrogens is 2. The molecule has 3 heterocycles. The molecule has 1 aromatic heterocycles. The summed E-state index contributed by atoms with van der Waals surface area (Å²) in [5.74, 6) is -2.07. The Hall–Kier alpha value is -3.14. The predicted octanol–water partition coefficient (Wildman–Crippen LogP) is 3.71. The molecular weight excluding hydrogens is 456 g/mol. The molecule has 1 amide bonds. The van der Waals surface area contributed by atoms with E-state index in [1.807, 2.05) is 42.3 Å². The summed E-state index contributed by atoms with van der Waals surface area (Å²) in [7, 11) is 0. The van der Waals surface area contributed by atoms with E-state index < -0.39 is 23.5 Å². The minimum Gasteiger partial charge on any atom is -0.390 e. The topological polar surface area (TPSA) is 104 Å². The highest BCUT2D eigenvalue weighted by molar-refractivity contribution is 6.01. The standard InChI is InChI=1S/C25H29F2N5O3/c1-14-4-5-16(21-30-23(35-31-21)17-11-25(26,27)12-17)9-18(14)29-22(33)19-13-28-20-8-15(6-7-32(19)20)10-24(2,3)34/h4,6-9,16-17,19,34H,5,10-13H2,1-3H3,(H,29,33). The Morgan fingerprint density at radius 2 is 2.14 bits per heavy atom. The van der Waals surface area contributed by atoms with E-state index in [9.17, 15) is 18.7 Å². The number of nitrogens with one attached hydrogen (secondary N) is 1. The fraction of sp³-hybridized carbons (Fsp3) is 0.520. The van der Waals surface area contributed by atoms with E-state index in [0.717, 1.165) is 11.1 Å². The molecule has 5 rings (SSSR count). The fourth-order valence-electron chi connectivity index (χ4n) is 4.77. The van der Waals surface area contributed by atoms with Gasteiger partial charge in [-0.1, -0.05) is 11.2 Å². The van der Waals surface area contributed by atoms with Gasteiger partial charge in [0.2, 0.25) is 17.7 Å². The number of amides is 1. The van der Waals surface area contributed by atoms with Crippen molar-refractivity contribution in [3.05, 3.63) is 59.1 Å². The second-order valence-electron chi connectivity index (χ2n) is 10.4. The lowest BCUT2D eigenvalue weighted by Crippen LogP contribution is -2.45. The van der Waals surface area contributed by atoms with Gasteiger partial charge in [0.15, 0.2) is 5.82 Å². The van der Waals surface area contributed by atoms with Gasteiger partial charge >= 0.3 is 0 Å². The van der Waals surface area contributed by atoms with E-state index >= 15 is 0 Å². The molecule has 1 aromatic rings. The van der Waals surface area contributed by atoms with Gasteiger partial charge in [-0.25, -0.2) is 8.78 Å². The normalized spacial score (nSPS) is 25.8. The van der Waals surface area contributed by atoms with Crippen LogP contribution < -0.4 is 5.32 Å². The van der Waals surface area contributed by atoms with Crippen LogP contribution in [0.25, 0.3) is 0 Å². The highest BCUT2D eigenvalue weighted by Gasteiger charge is 2.48. The fourth-order valence-corrected chi connectivity index (χ4v) is 4.77. The number of nitrogens with zero attached hydrogens (tertiary/aromatic N) is 4. The number of hydrogen-bond acceptors (Lipinski definition) is 7. The maximum absolute atomic E-state index is 13.2. The summed E-state index contributed by atoms with van der Waals surface area (Å²) >= 11 is 0. The number of fused-ring (bicyclic) bond motifs is 1. The van der Waals surface area contributed by atoms with Crippen LogP contribution in [0.5, 0.6) is 0 Å². The summed E-state index contributed by atoms with van der Waals surface area (Å²) in [5, 5.41) is 17.1. The van der Waals surface area contributed by atoms with Crippen LogP contribution in [0.3, 0.4) is 0 Å². The Kier molecular flexibility index (Phi) is 5.74. The largest absolute Gasteiger partial charge is 0.390 e. The molecule has 2 atom stereocenters. The van der Waals surface area contributed by atoms with Crippen LogP contribution >= 0.6 is 0 Å². The number of carbonyl (C=O) groups excluding carboxylic acids is 1. The van der Waals surface area contributed by atoms with Crippen LogP contribution in [0.2, 0.25) is 0 Å². The summed E-state index contributed by atoms with van der Waals surface area (Å²) in [6.45, 7) is 5.76. The first kappa shape index (κ1) is 23.6. The van der Waals surface area contributed by atoms with Gasteiger partial charge in [0.25, 0.3) is 0 Å². The molecule has 1 fully saturated rings. The summed E-state index contributed by atoms with van der Waals surface area (Å²) in [4.78, 5) is 23.9. The molecule has 0 spiro atoms. The SMILES string of the molecule is CC1=CCC(c2noc(C3CC(F)(F)C3)n2)C=C1NC(=O)C1CN=C2C=C(CC(C)(C)O)C=CN21. The van der Waals surface area contributed by atoms with Crippen molar-refractivity contribution in [2.75, 3.05) is 6.54 Å². The second kappa shape index (κ2) is 8.51. The minimum atomic E-state index is -2.65. The van der Waals surface area contributed by atoms with Crippen molar-refractivity contribution in [2.45, 2.75) is 75.9 Å². The lowest BCUT2D eigenvalue weighted by Gasteiger charge is -2.32. The molecule has 8 nitrogen and oxygen atoms in total. The number of amidine groups is 1. The first-order valence-electron chi connectivity index (χ1n) is 11.8. The van der Waals surface area contributed by atoms with Crippen molar-refractivity contribution >= 4 is 11.7 Å². The van der Waals surface area contributed by atoms with Gasteiger partial charge in [-0.2, -0.15) is 4.98 Å². The van der Waals surface area contributed by atoms with E-state index in [1.165, 1.54) is 0 Å². The van der Waals surface area contributed by atoms with Crippen molar-refractivity contribution in [2.24, 2.45) is 4.99 Å². The molecule has 0 saturated heterocycles. The van der Waals surface area contributed by atoms with Crippen molar-refractivity contribution in [1.29, 1.82) is 0 Å². The van der Waals surface area contributed by atoms with E-state index in [-0.39, 0.29) is 30.6 Å². The second-order valence-corrected chi connectivity index (χ2v) is 10.4. The van der Waals surface area contributed by atoms with Crippen molar-refractivity contribution < 1.29 is 23.2 Å². The van der Waals surface area contributed by atoms with E-state index in [4.69, 9.17) is 4.52 Å². The van der Waals surface area contributed by atoms with Crippen LogP contribution in [-0.4, -0.2) is 56.0 Å². The number of hydrogen-bond donors (Lipinski definition) is 2. The van der Waals surface area contributed by atoms with Gasteiger partial charge in [0.1, 0.15) is 11.9 Å². The number of aliphatic hydroxyl groups is 1. The zero-order valence-corrected chi connectivity index (χ0v) is 20.0. The zero-order chi connectivity index (χ0) is 25.0. The monoisotopic (exact) mass is 485 g/mol. The third-order valence-corrected chi connectivity index (χ3v) is 6.69. The molecule has 35 heavy (non-hydrogen) atoms. The van der Waals surface area contributed by atoms with Crippen molar-refractivity contribution in [3.8, 4) is 0 Å². The van der Waals surface area contributed by atoms with Crippen LogP contribution in [0.15, 0.2) is 56.9 Å². The molecule has 0 radical (unpaired) electrons. The number of halogens is 2. The van der Waals surface area contributed by atoms with Crippen molar-refractivity contribution in [3.63, 3.8) is 0 Å². The van der Waals surface area contributed by atoms with Gasteiger partial charge < -0.3 is 19.8 Å². The summed E-state index contributed by atoms with van der Waals surface area (Å²) in [6, 6.07) is -0.479. The zero-order valence-electron chi connectivity index (χ0n) is 20.0. The summed E-state index contributed by atoms with van der Waals surface area (Å²) < 4.78 is 31.6. The maximum Gasteiger partial charge on any atom is 0.249 e. The van der Waals surface area contributed by atoms with Crippen LogP contribution in [-0.2, 0) is 4.79 Å². The lowest BCUT2D eigenvalue weighted by atomic mass is 9.81. The number of carbonyl (C=O) groups is 1. The Morgan fingerprint density at radius 3 is 2.86 bits per heavy atom. The quantitative estimate of drug-likeness (QED) is 0.637. The molecule has 0 aromatic carbocycles. The van der Waals surface area contributed by atoms with Gasteiger partial charge in [-0.3, -0.25) is 9.79 Å². The molecule has 4 aliphatic rings. The van der Waals surface area contributed by atoms with E-state index in [1.54, 1.807) is 13.8 Å². The Morgan fingerprint density at radius 1 is 1.37 bits per heavy atom. The number of alkyl halides is 2. The molecule has 1 saturated carbocycles. The van der Waals surface area contributed by atoms with Crippen LogP contribution in [0, 0.1) is 0 Å². The highest BCUT2D eigenvalue weighted by atomic mass is 19.3. The minimum absolute atomic E-state index is 0.183. The number of aliphatic imine (C=N–C) groups is 1. The van der Waals surface area contributed by atoms with Crippen LogP contribution in [0.1, 0.15) is 70.0 Å². The third-order valence-electron chi connectivity index (χ3n) is 6.69. The molecule has 2 aliphatic carbocycles. The molecule has 2 aliphatic heterocycles. The first-order chi connectivity index (χ1) is 16.5. The number of rotatable bonds is 6. The average Bonchev–Trinajstić information content (AvgIpc) is 3.39. The highest BCUT2D eigenvalue weighted by Crippen LogP contribution is 2.48. The Labute approximate surface area is 202 Å². The predicted molar refractivity (Wildman–Crippen MR) is 125 cm³/mol. The lowest BCUT2D eigenvalue weighted by molar-refractivity contribution is -0.123. The molecule has 2 unspecified atom stereocenters. The smallest absolute Gasteiger partial charge is 0.249 e. The number of allylic oxidation sites excluding steroid dienone is 4. The maximum atomic E-state index is 13.2. The summed E-state index contributed by atoms with van der Waals surface area (Å²) in [5.41, 5.74) is 1.72. The Balaban J connectivity index is 1.24. The van der Waals surface area contributed by atoms with Gasteiger partial charge in [-0.15, -0.1) is 0 Å². The Bertz CT molecular complexity index is 1180. The first-order valence-corrected chi connectivity index (χ1v) is 11.8. The molecular formula is C25H29F2N5O3. The third kappa shape index (κ3) is 4.98. The van der Waals surface area contributed by atoms with Gasteiger partial charge in [0.05, 0.1) is 12.1 Å². The molecule has 0 bridgehead atoms. The molecule has 2 N–H and O–H groups in total. The van der Waals surface area contributed by atoms with E-state index in [0.29, 0.717) is 36.7 Å². The van der Waals surface area contributed by atoms with Gasteiger partial charge in [-0.05, 0) is 56.6 Å². The molecule has 10 heteroatoms. The molecule has 186 valence electrons. The van der Waals surface area contributed by atoms with Crippen molar-refractivity contribution in [1.82, 2.24) is 20.4 Å². The van der Waals surface area contributed by atoms with E-state index in [2.05, 4.69) is 20.4 Å². The van der Waals surface area contributed by atoms with Gasteiger partial charge in [0, 0.05) is 43.0 Å². The average molecular weight is 486 g/mol. The van der Waals surface area contributed by atoms with Crippen LogP contribution in [0.4, 0.5) is 8.78 Å². The summed E-state index contributed by atoms with van der Waals surface area (Å²) in [6.07, 6.45) is 10.1.